The van der Waals surface area contributed by atoms with Crippen LogP contribution in [0.4, 0.5) is 0 Å². The second kappa shape index (κ2) is 4.27. The van der Waals surface area contributed by atoms with Gasteiger partial charge in [0.15, 0.2) is 0 Å². The largest absolute Gasteiger partial charge is 0.276 e. The van der Waals surface area contributed by atoms with E-state index in [2.05, 4.69) is 16.7 Å². The van der Waals surface area contributed by atoms with Crippen LogP contribution in [-0.4, -0.2) is 18.9 Å². The summed E-state index contributed by atoms with van der Waals surface area (Å²) in [6.07, 6.45) is 1.56. The molecule has 0 amide bonds. The molecule has 0 fully saturated rings. The number of halogens is 1. The van der Waals surface area contributed by atoms with Crippen LogP contribution in [0.25, 0.3) is 0 Å². The van der Waals surface area contributed by atoms with Gasteiger partial charge in [0.25, 0.3) is 0 Å². The molecule has 0 heterocycles. The fraction of sp³-hybridized carbons (Fsp3) is 0.333. The number of hydrogen-bond acceptors (Lipinski definition) is 2. The van der Waals surface area contributed by atoms with Gasteiger partial charge in [-0.1, -0.05) is 11.6 Å². The molecule has 0 aromatic heterocycles. The van der Waals surface area contributed by atoms with Crippen molar-refractivity contribution in [2.45, 2.75) is 6.92 Å². The zero-order valence-electron chi connectivity index (χ0n) is 5.56. The molecule has 0 N–H and O–H groups in total. The lowest BCUT2D eigenvalue weighted by molar-refractivity contribution is 1.41. The first kappa shape index (κ1) is 8.37. The number of hydrogen-bond donors (Lipinski definition) is 0. The van der Waals surface area contributed by atoms with Gasteiger partial charge < -0.3 is 0 Å². The maximum atomic E-state index is 5.59. The Morgan fingerprint density at radius 3 is 2.56 bits per heavy atom. The zero-order chi connectivity index (χ0) is 7.28. The lowest BCUT2D eigenvalue weighted by Crippen LogP contribution is -1.86. The van der Waals surface area contributed by atoms with Gasteiger partial charge >= 0.3 is 0 Å². The Bertz CT molecular complexity index is 158. The second-order valence-corrected chi connectivity index (χ2v) is 1.87. The predicted octanol–water partition coefficient (Wildman–Crippen LogP) is 1.86. The van der Waals surface area contributed by atoms with E-state index in [1.54, 1.807) is 13.2 Å². The zero-order valence-corrected chi connectivity index (χ0v) is 6.31. The summed E-state index contributed by atoms with van der Waals surface area (Å²) in [5.41, 5.74) is 0.828. The van der Waals surface area contributed by atoms with Gasteiger partial charge in [-0.3, -0.25) is 9.98 Å². The van der Waals surface area contributed by atoms with Gasteiger partial charge in [-0.15, -0.1) is 0 Å². The molecule has 0 aliphatic carbocycles. The van der Waals surface area contributed by atoms with Crippen LogP contribution in [0.15, 0.2) is 21.8 Å². The van der Waals surface area contributed by atoms with E-state index in [9.17, 15) is 0 Å². The van der Waals surface area contributed by atoms with Crippen LogP contribution >= 0.6 is 11.6 Å². The highest BCUT2D eigenvalue weighted by Gasteiger charge is 1.91. The van der Waals surface area contributed by atoms with E-state index < -0.39 is 0 Å². The summed E-state index contributed by atoms with van der Waals surface area (Å²) in [6, 6.07) is 0. The molecule has 0 bridgehead atoms. The molecule has 9 heavy (non-hydrogen) atoms. The first-order chi connectivity index (χ1) is 4.22. The van der Waals surface area contributed by atoms with E-state index in [1.807, 2.05) is 6.92 Å². The molecule has 0 rings (SSSR count). The Balaban J connectivity index is 4.19. The molecule has 0 aromatic rings. The van der Waals surface area contributed by atoms with Crippen molar-refractivity contribution in [1.29, 1.82) is 0 Å². The monoisotopic (exact) mass is 144 g/mol. The Labute approximate surface area is 60.0 Å². The van der Waals surface area contributed by atoms with Gasteiger partial charge in [-0.25, -0.2) is 0 Å². The summed E-state index contributed by atoms with van der Waals surface area (Å²) in [5, 5.41) is 0.474. The Morgan fingerprint density at radius 2 is 2.22 bits per heavy atom. The van der Waals surface area contributed by atoms with Gasteiger partial charge in [-0.05, 0) is 13.6 Å². The van der Waals surface area contributed by atoms with Gasteiger partial charge in [0, 0.05) is 18.8 Å². The highest BCUT2D eigenvalue weighted by atomic mass is 35.5. The van der Waals surface area contributed by atoms with Crippen molar-refractivity contribution in [1.82, 2.24) is 0 Å². The molecule has 0 aromatic carbocycles. The lowest BCUT2D eigenvalue weighted by atomic mass is 10.4. The highest BCUT2D eigenvalue weighted by Crippen LogP contribution is 2.00. The minimum absolute atomic E-state index is 0.474. The van der Waals surface area contributed by atoms with Crippen molar-refractivity contribution in [2.24, 2.45) is 9.98 Å². The molecular weight excluding hydrogens is 136 g/mol. The lowest BCUT2D eigenvalue weighted by Gasteiger charge is -1.90. The van der Waals surface area contributed by atoms with Crippen LogP contribution in [-0.2, 0) is 0 Å². The maximum absolute atomic E-state index is 5.59. The first-order valence-corrected chi connectivity index (χ1v) is 2.85. The Kier molecular flexibility index (Phi) is 3.97. The third-order valence-corrected chi connectivity index (χ3v) is 1.27. The van der Waals surface area contributed by atoms with Crippen LogP contribution in [0.3, 0.4) is 0 Å². The number of nitrogens with zero attached hydrogens (tertiary/aromatic N) is 2. The summed E-state index contributed by atoms with van der Waals surface area (Å²) >= 11 is 5.59. The van der Waals surface area contributed by atoms with E-state index in [0.717, 1.165) is 5.57 Å². The van der Waals surface area contributed by atoms with Crippen molar-refractivity contribution in [2.75, 3.05) is 7.05 Å². The molecular formula is C6H9ClN2. The van der Waals surface area contributed by atoms with Gasteiger partial charge in [0.2, 0.25) is 0 Å². The molecule has 3 heteroatoms. The van der Waals surface area contributed by atoms with Crippen molar-refractivity contribution in [3.8, 4) is 0 Å². The SMILES string of the molecule is C=N/C=C(/C)C(Cl)=NC. The van der Waals surface area contributed by atoms with Crippen LogP contribution in [0.2, 0.25) is 0 Å². The highest BCUT2D eigenvalue weighted by molar-refractivity contribution is 6.69. The molecule has 0 spiro atoms. The summed E-state index contributed by atoms with van der Waals surface area (Å²) in [7, 11) is 1.63. The Hall–Kier alpha value is -0.630. The standard InChI is InChI=1S/C6H9ClN2/c1-5(4-8-2)6(7)9-3/h4H,2H2,1,3H3/b5-4-,9-6?. The van der Waals surface area contributed by atoms with Crippen molar-refractivity contribution in [3.05, 3.63) is 11.8 Å². The fourth-order valence-corrected chi connectivity index (χ4v) is 0.415. The van der Waals surface area contributed by atoms with E-state index in [1.165, 1.54) is 0 Å². The molecule has 2 nitrogen and oxygen atoms in total. The molecule has 0 saturated heterocycles. The average Bonchev–Trinajstić information content (AvgIpc) is 1.87. The van der Waals surface area contributed by atoms with E-state index in [-0.39, 0.29) is 0 Å². The second-order valence-electron chi connectivity index (χ2n) is 1.51. The van der Waals surface area contributed by atoms with Gasteiger partial charge in [0.05, 0.1) is 0 Å². The normalized spacial score (nSPS) is 13.7. The summed E-state index contributed by atoms with van der Waals surface area (Å²) in [6.45, 7) is 5.10. The quantitative estimate of drug-likeness (QED) is 0.529. The molecule has 0 aliphatic heterocycles. The molecule has 0 unspecified atom stereocenters. The molecule has 0 radical (unpaired) electrons. The summed E-state index contributed by atoms with van der Waals surface area (Å²) in [4.78, 5) is 7.26. The third-order valence-electron chi connectivity index (χ3n) is 0.807. The maximum Gasteiger partial charge on any atom is 0.127 e. The van der Waals surface area contributed by atoms with E-state index in [4.69, 9.17) is 11.6 Å². The fourth-order valence-electron chi connectivity index (χ4n) is 0.367. The summed E-state index contributed by atoms with van der Waals surface area (Å²) in [5.74, 6) is 0. The van der Waals surface area contributed by atoms with Crippen LogP contribution in [0.5, 0.6) is 0 Å². The summed E-state index contributed by atoms with van der Waals surface area (Å²) < 4.78 is 0. The molecule has 0 atom stereocenters. The van der Waals surface area contributed by atoms with Crippen molar-refractivity contribution in [3.63, 3.8) is 0 Å². The molecule has 50 valence electrons. The van der Waals surface area contributed by atoms with Crippen LogP contribution in [0, 0.1) is 0 Å². The minimum Gasteiger partial charge on any atom is -0.276 e. The van der Waals surface area contributed by atoms with Crippen LogP contribution in [0.1, 0.15) is 6.92 Å². The van der Waals surface area contributed by atoms with Gasteiger partial charge in [-0.2, -0.15) is 0 Å². The molecule has 0 aliphatic rings. The average molecular weight is 145 g/mol. The van der Waals surface area contributed by atoms with Crippen molar-refractivity contribution >= 4 is 23.5 Å². The number of rotatable bonds is 2. The van der Waals surface area contributed by atoms with E-state index in [0.29, 0.717) is 5.17 Å². The minimum atomic E-state index is 0.474. The number of aliphatic imine (C=N–C) groups is 2. The topological polar surface area (TPSA) is 24.7 Å². The van der Waals surface area contributed by atoms with Crippen molar-refractivity contribution < 1.29 is 0 Å². The third kappa shape index (κ3) is 3.03. The van der Waals surface area contributed by atoms with E-state index >= 15 is 0 Å². The van der Waals surface area contributed by atoms with Gasteiger partial charge in [0.1, 0.15) is 5.17 Å². The smallest absolute Gasteiger partial charge is 0.127 e. The Morgan fingerprint density at radius 1 is 1.67 bits per heavy atom. The number of allylic oxidation sites excluding steroid dienone is 1. The van der Waals surface area contributed by atoms with Crippen LogP contribution < -0.4 is 0 Å². The first-order valence-electron chi connectivity index (χ1n) is 2.47. The molecule has 0 saturated carbocycles. The predicted molar refractivity (Wildman–Crippen MR) is 42.5 cm³/mol.